The van der Waals surface area contributed by atoms with Gasteiger partial charge in [-0.15, -0.1) is 0 Å². The fourth-order valence-electron chi connectivity index (χ4n) is 3.81. The molecule has 14 heteroatoms. The molecule has 10 nitrogen and oxygen atoms in total. The maximum atomic E-state index is 13.5. The van der Waals surface area contributed by atoms with Crippen LogP contribution in [0.25, 0.3) is 16.7 Å². The van der Waals surface area contributed by atoms with Crippen LogP contribution in [0.1, 0.15) is 32.0 Å². The fraction of sp³-hybridized carbons (Fsp3) is 0.375. The molecule has 0 atom stereocenters. The van der Waals surface area contributed by atoms with Gasteiger partial charge in [0.2, 0.25) is 11.2 Å². The van der Waals surface area contributed by atoms with Gasteiger partial charge in [0.15, 0.2) is 11.3 Å². The lowest BCUT2D eigenvalue weighted by atomic mass is 10.1. The second kappa shape index (κ2) is 9.46. The van der Waals surface area contributed by atoms with Gasteiger partial charge in [-0.25, -0.2) is 19.1 Å². The predicted octanol–water partition coefficient (Wildman–Crippen LogP) is 4.73. The van der Waals surface area contributed by atoms with Crippen LogP contribution in [0.3, 0.4) is 0 Å². The van der Waals surface area contributed by atoms with Gasteiger partial charge >= 0.3 is 12.3 Å². The van der Waals surface area contributed by atoms with Crippen LogP contribution in [-0.4, -0.2) is 65.3 Å². The average Bonchev–Trinajstić information content (AvgIpc) is 3.39. The SMILES string of the molecule is CC(C)(C)OC(=O)N1CC(Oc2cc(C(F)(F)F)nn2-c2ccc(Cn3ncc4cnc(Cl)nc43)cc2)C1. The normalized spacial score (nSPS) is 14.6. The molecule has 0 radical (unpaired) electrons. The van der Waals surface area contributed by atoms with Gasteiger partial charge in [-0.3, -0.25) is 0 Å². The number of carbonyl (C=O) groups excluding carboxylic acids is 1. The lowest BCUT2D eigenvalue weighted by Crippen LogP contribution is -2.57. The van der Waals surface area contributed by atoms with Crippen LogP contribution < -0.4 is 4.74 Å². The summed E-state index contributed by atoms with van der Waals surface area (Å²) in [5, 5.41) is 8.86. The van der Waals surface area contributed by atoms with Crippen molar-refractivity contribution in [1.29, 1.82) is 0 Å². The van der Waals surface area contributed by atoms with Crippen LogP contribution in [0.5, 0.6) is 5.88 Å². The largest absolute Gasteiger partial charge is 0.470 e. The molecule has 0 N–H and O–H groups in total. The molecule has 1 saturated heterocycles. The predicted molar refractivity (Wildman–Crippen MR) is 130 cm³/mol. The molecule has 0 spiro atoms. The van der Waals surface area contributed by atoms with E-state index in [4.69, 9.17) is 21.1 Å². The number of amides is 1. The van der Waals surface area contributed by atoms with Crippen LogP contribution in [0, 0.1) is 0 Å². The Hall–Kier alpha value is -3.87. The zero-order valence-corrected chi connectivity index (χ0v) is 21.4. The van der Waals surface area contributed by atoms with E-state index in [1.807, 2.05) is 0 Å². The highest BCUT2D eigenvalue weighted by atomic mass is 35.5. The zero-order chi connectivity index (χ0) is 27.2. The summed E-state index contributed by atoms with van der Waals surface area (Å²) in [5.41, 5.74) is 0.0252. The molecule has 0 aliphatic carbocycles. The van der Waals surface area contributed by atoms with Gasteiger partial charge in [0.25, 0.3) is 0 Å². The first-order chi connectivity index (χ1) is 17.9. The molecular weight excluding hydrogens is 527 g/mol. The number of halogens is 4. The zero-order valence-electron chi connectivity index (χ0n) is 20.6. The molecule has 0 saturated carbocycles. The standard InChI is InChI=1S/C24H23ClF3N7O3/c1-23(2,3)38-22(36)33-12-17(13-33)37-19-8-18(24(26,27)28)32-35(19)16-6-4-14(5-7-16)11-34-20-15(10-30-34)9-29-21(25)31-20/h4-10,17H,11-13H2,1-3H3. The Balaban J connectivity index is 1.33. The third kappa shape index (κ3) is 5.52. The molecule has 4 heterocycles. The Kier molecular flexibility index (Phi) is 6.41. The first-order valence-electron chi connectivity index (χ1n) is 11.6. The number of likely N-dealkylation sites (tertiary alicyclic amines) is 1. The third-order valence-corrected chi connectivity index (χ3v) is 5.80. The Bertz CT molecular complexity index is 1470. The van der Waals surface area contributed by atoms with Gasteiger partial charge in [-0.2, -0.15) is 28.4 Å². The summed E-state index contributed by atoms with van der Waals surface area (Å²) in [7, 11) is 0. The van der Waals surface area contributed by atoms with Crippen molar-refractivity contribution in [2.24, 2.45) is 0 Å². The van der Waals surface area contributed by atoms with Crippen molar-refractivity contribution in [3.05, 3.63) is 59.3 Å². The molecule has 1 fully saturated rings. The number of hydrogen-bond donors (Lipinski definition) is 0. The van der Waals surface area contributed by atoms with Gasteiger partial charge in [-0.1, -0.05) is 12.1 Å². The second-order valence-corrected chi connectivity index (χ2v) is 10.1. The smallest absolute Gasteiger partial charge is 0.435 e. The number of alkyl halides is 3. The van der Waals surface area contributed by atoms with E-state index in [0.29, 0.717) is 17.9 Å². The van der Waals surface area contributed by atoms with Crippen molar-refractivity contribution >= 4 is 28.7 Å². The molecule has 5 rings (SSSR count). The van der Waals surface area contributed by atoms with Gasteiger partial charge < -0.3 is 14.4 Å². The van der Waals surface area contributed by atoms with Gasteiger partial charge in [0, 0.05) is 12.3 Å². The van der Waals surface area contributed by atoms with Crippen LogP contribution >= 0.6 is 11.6 Å². The average molecular weight is 550 g/mol. The molecule has 200 valence electrons. The summed E-state index contributed by atoms with van der Waals surface area (Å²) >= 11 is 5.90. The lowest BCUT2D eigenvalue weighted by Gasteiger charge is -2.39. The number of hydrogen-bond acceptors (Lipinski definition) is 7. The van der Waals surface area contributed by atoms with Crippen molar-refractivity contribution < 1.29 is 27.4 Å². The van der Waals surface area contributed by atoms with Crippen molar-refractivity contribution in [2.45, 2.75) is 45.2 Å². The van der Waals surface area contributed by atoms with Gasteiger partial charge in [0.05, 0.1) is 36.9 Å². The van der Waals surface area contributed by atoms with Crippen molar-refractivity contribution in [2.75, 3.05) is 13.1 Å². The monoisotopic (exact) mass is 549 g/mol. The van der Waals surface area contributed by atoms with E-state index >= 15 is 0 Å². The summed E-state index contributed by atoms with van der Waals surface area (Å²) in [6.07, 6.45) is -2.47. The van der Waals surface area contributed by atoms with Gasteiger partial charge in [-0.05, 0) is 50.1 Å². The number of benzene rings is 1. The number of ether oxygens (including phenoxy) is 2. The van der Waals surface area contributed by atoms with E-state index in [9.17, 15) is 18.0 Å². The maximum Gasteiger partial charge on any atom is 0.435 e. The second-order valence-electron chi connectivity index (χ2n) is 9.79. The minimum absolute atomic E-state index is 0.0803. The first kappa shape index (κ1) is 25.8. The quantitative estimate of drug-likeness (QED) is 0.332. The summed E-state index contributed by atoms with van der Waals surface area (Å²) in [5.74, 6) is -0.0803. The van der Waals surface area contributed by atoms with E-state index in [1.165, 1.54) is 4.90 Å². The van der Waals surface area contributed by atoms with Crippen LogP contribution in [0.2, 0.25) is 5.28 Å². The number of nitrogens with zero attached hydrogens (tertiary/aromatic N) is 7. The molecule has 0 unspecified atom stereocenters. The van der Waals surface area contributed by atoms with Crippen molar-refractivity contribution in [1.82, 2.24) is 34.4 Å². The van der Waals surface area contributed by atoms with Crippen LogP contribution in [-0.2, 0) is 17.5 Å². The Morgan fingerprint density at radius 2 is 1.84 bits per heavy atom. The third-order valence-electron chi connectivity index (χ3n) is 5.61. The minimum Gasteiger partial charge on any atom is -0.470 e. The first-order valence-corrected chi connectivity index (χ1v) is 12.0. The molecule has 38 heavy (non-hydrogen) atoms. The van der Waals surface area contributed by atoms with E-state index < -0.39 is 29.7 Å². The van der Waals surface area contributed by atoms with E-state index in [2.05, 4.69) is 20.2 Å². The summed E-state index contributed by atoms with van der Waals surface area (Å²) in [6.45, 7) is 5.99. The summed E-state index contributed by atoms with van der Waals surface area (Å²) in [4.78, 5) is 21.7. The number of rotatable bonds is 5. The highest BCUT2D eigenvalue weighted by Gasteiger charge is 2.39. The highest BCUT2D eigenvalue weighted by molar-refractivity contribution is 6.28. The molecule has 4 aromatic rings. The molecule has 1 aliphatic heterocycles. The topological polar surface area (TPSA) is 100 Å². The highest BCUT2D eigenvalue weighted by Crippen LogP contribution is 2.33. The van der Waals surface area contributed by atoms with Crippen molar-refractivity contribution in [3.8, 4) is 11.6 Å². The number of carbonyl (C=O) groups is 1. The van der Waals surface area contributed by atoms with E-state index in [0.717, 1.165) is 21.7 Å². The molecule has 1 amide bonds. The summed E-state index contributed by atoms with van der Waals surface area (Å²) < 4.78 is 54.2. The van der Waals surface area contributed by atoms with Crippen LogP contribution in [0.15, 0.2) is 42.7 Å². The maximum absolute atomic E-state index is 13.5. The number of fused-ring (bicyclic) bond motifs is 1. The molecule has 1 aromatic carbocycles. The Labute approximate surface area is 219 Å². The molecule has 3 aromatic heterocycles. The fourth-order valence-corrected chi connectivity index (χ4v) is 3.94. The van der Waals surface area contributed by atoms with E-state index in [-0.39, 0.29) is 24.3 Å². The molecule has 1 aliphatic rings. The lowest BCUT2D eigenvalue weighted by molar-refractivity contribution is -0.141. The minimum atomic E-state index is -4.66. The number of aromatic nitrogens is 6. The van der Waals surface area contributed by atoms with Crippen molar-refractivity contribution in [3.63, 3.8) is 0 Å². The van der Waals surface area contributed by atoms with Gasteiger partial charge in [0.1, 0.15) is 11.7 Å². The van der Waals surface area contributed by atoms with E-state index in [1.54, 1.807) is 62.1 Å². The Morgan fingerprint density at radius 1 is 1.13 bits per heavy atom. The molecule has 0 bridgehead atoms. The van der Waals surface area contributed by atoms with Crippen LogP contribution in [0.4, 0.5) is 18.0 Å². The summed E-state index contributed by atoms with van der Waals surface area (Å²) in [6, 6.07) is 7.62. The molecular formula is C24H23ClF3N7O3. The Morgan fingerprint density at radius 3 is 2.50 bits per heavy atom.